The fourth-order valence-corrected chi connectivity index (χ4v) is 3.16. The minimum atomic E-state index is -0.230. The predicted octanol–water partition coefficient (Wildman–Crippen LogP) is 1.76. The molecule has 0 aliphatic heterocycles. The zero-order valence-corrected chi connectivity index (χ0v) is 13.4. The van der Waals surface area contributed by atoms with Crippen LogP contribution in [0.25, 0.3) is 0 Å². The molecular formula is C17H21N3O3. The lowest BCUT2D eigenvalue weighted by molar-refractivity contribution is -0.121. The van der Waals surface area contributed by atoms with Crippen LogP contribution in [0.15, 0.2) is 23.0 Å². The first-order chi connectivity index (χ1) is 11.1. The monoisotopic (exact) mass is 315 g/mol. The molecule has 0 bridgehead atoms. The molecule has 3 N–H and O–H groups in total. The van der Waals surface area contributed by atoms with Gasteiger partial charge in [0.25, 0.3) is 5.56 Å². The summed E-state index contributed by atoms with van der Waals surface area (Å²) in [5.74, 6) is 0.706. The highest BCUT2D eigenvalue weighted by Gasteiger charge is 2.23. The number of ether oxygens (including phenoxy) is 1. The van der Waals surface area contributed by atoms with Gasteiger partial charge in [0, 0.05) is 11.3 Å². The molecule has 0 radical (unpaired) electrons. The molecule has 3 rings (SSSR count). The summed E-state index contributed by atoms with van der Waals surface area (Å²) in [6.45, 7) is 1.78. The van der Waals surface area contributed by atoms with E-state index in [4.69, 9.17) is 4.74 Å². The Balaban J connectivity index is 1.74. The van der Waals surface area contributed by atoms with E-state index in [2.05, 4.69) is 15.5 Å². The van der Waals surface area contributed by atoms with Crippen molar-refractivity contribution in [3.05, 3.63) is 50.9 Å². The van der Waals surface area contributed by atoms with Crippen LogP contribution in [0.5, 0.6) is 5.75 Å². The van der Waals surface area contributed by atoms with Crippen LogP contribution in [0.2, 0.25) is 0 Å². The highest BCUT2D eigenvalue weighted by molar-refractivity contribution is 5.79. The van der Waals surface area contributed by atoms with Crippen molar-refractivity contribution >= 4 is 5.91 Å². The van der Waals surface area contributed by atoms with Gasteiger partial charge in [0.15, 0.2) is 0 Å². The van der Waals surface area contributed by atoms with E-state index in [1.54, 1.807) is 14.0 Å². The van der Waals surface area contributed by atoms with Gasteiger partial charge in [-0.1, -0.05) is 6.07 Å². The van der Waals surface area contributed by atoms with E-state index in [-0.39, 0.29) is 23.9 Å². The number of aryl methyl sites for hydroxylation is 2. The molecule has 1 unspecified atom stereocenters. The van der Waals surface area contributed by atoms with Crippen LogP contribution < -0.4 is 15.6 Å². The number of carbonyl (C=O) groups excluding carboxylic acids is 1. The summed E-state index contributed by atoms with van der Waals surface area (Å²) in [7, 11) is 1.65. The topological polar surface area (TPSA) is 87.0 Å². The summed E-state index contributed by atoms with van der Waals surface area (Å²) in [5, 5.41) is 8.30. The normalized spacial score (nSPS) is 16.7. The van der Waals surface area contributed by atoms with Crippen LogP contribution in [-0.4, -0.2) is 23.2 Å². The number of aromatic nitrogens is 2. The molecule has 0 spiro atoms. The SMILES string of the molecule is COc1ccc2c(c1)CCCC2NC(=O)Cc1c(C)[nH][nH]c1=O. The van der Waals surface area contributed by atoms with Crippen molar-refractivity contribution in [2.24, 2.45) is 0 Å². The van der Waals surface area contributed by atoms with Gasteiger partial charge in [-0.15, -0.1) is 0 Å². The minimum Gasteiger partial charge on any atom is -0.497 e. The van der Waals surface area contributed by atoms with Crippen LogP contribution >= 0.6 is 0 Å². The number of nitrogens with one attached hydrogen (secondary N) is 3. The van der Waals surface area contributed by atoms with Crippen LogP contribution in [0.3, 0.4) is 0 Å². The second kappa shape index (κ2) is 6.32. The molecule has 0 saturated carbocycles. The van der Waals surface area contributed by atoms with Crippen molar-refractivity contribution in [3.8, 4) is 5.75 Å². The van der Waals surface area contributed by atoms with Crippen LogP contribution in [-0.2, 0) is 17.6 Å². The number of hydrogen-bond acceptors (Lipinski definition) is 3. The molecule has 1 aliphatic carbocycles. The summed E-state index contributed by atoms with van der Waals surface area (Å²) in [6.07, 6.45) is 3.02. The lowest BCUT2D eigenvalue weighted by atomic mass is 9.87. The van der Waals surface area contributed by atoms with E-state index in [0.29, 0.717) is 11.3 Å². The Hall–Kier alpha value is -2.50. The molecule has 1 aromatic carbocycles. The van der Waals surface area contributed by atoms with Gasteiger partial charge < -0.3 is 15.2 Å². The largest absolute Gasteiger partial charge is 0.497 e. The van der Waals surface area contributed by atoms with Gasteiger partial charge in [0.1, 0.15) is 5.75 Å². The first-order valence-electron chi connectivity index (χ1n) is 7.80. The number of H-pyrrole nitrogens is 2. The van der Waals surface area contributed by atoms with Gasteiger partial charge in [0.05, 0.1) is 19.6 Å². The van der Waals surface area contributed by atoms with E-state index in [0.717, 1.165) is 30.6 Å². The quantitative estimate of drug-likeness (QED) is 0.803. The Kier molecular flexibility index (Phi) is 4.23. The van der Waals surface area contributed by atoms with Crippen molar-refractivity contribution in [3.63, 3.8) is 0 Å². The van der Waals surface area contributed by atoms with Gasteiger partial charge >= 0.3 is 0 Å². The maximum Gasteiger partial charge on any atom is 0.267 e. The fraction of sp³-hybridized carbons (Fsp3) is 0.412. The fourth-order valence-electron chi connectivity index (χ4n) is 3.16. The number of methoxy groups -OCH3 is 1. The number of aromatic amines is 2. The van der Waals surface area contributed by atoms with Crippen molar-refractivity contribution < 1.29 is 9.53 Å². The number of benzene rings is 1. The van der Waals surface area contributed by atoms with Gasteiger partial charge in [-0.3, -0.25) is 14.7 Å². The van der Waals surface area contributed by atoms with Crippen molar-refractivity contribution in [1.29, 1.82) is 0 Å². The standard InChI is InChI=1S/C17H21N3O3/c1-10-14(17(22)20-19-10)9-16(21)18-15-5-3-4-11-8-12(23-2)6-7-13(11)15/h6-8,15H,3-5,9H2,1-2H3,(H,18,21)(H2,19,20,22). The van der Waals surface area contributed by atoms with Crippen LogP contribution in [0.1, 0.15) is 41.3 Å². The predicted molar refractivity (Wildman–Crippen MR) is 86.7 cm³/mol. The summed E-state index contributed by atoms with van der Waals surface area (Å²) in [4.78, 5) is 24.0. The molecule has 0 saturated heterocycles. The van der Waals surface area contributed by atoms with Crippen molar-refractivity contribution in [2.75, 3.05) is 7.11 Å². The molecule has 23 heavy (non-hydrogen) atoms. The molecule has 1 heterocycles. The second-order valence-corrected chi connectivity index (χ2v) is 5.94. The van der Waals surface area contributed by atoms with E-state index < -0.39 is 0 Å². The third-order valence-corrected chi connectivity index (χ3v) is 4.43. The average Bonchev–Trinajstić information content (AvgIpc) is 2.86. The Labute approximate surface area is 134 Å². The minimum absolute atomic E-state index is 0.00418. The number of carbonyl (C=O) groups is 1. The first-order valence-corrected chi connectivity index (χ1v) is 7.80. The lowest BCUT2D eigenvalue weighted by Crippen LogP contribution is -2.33. The summed E-state index contributed by atoms with van der Waals surface area (Å²) in [5.41, 5.74) is 3.33. The van der Waals surface area contributed by atoms with Crippen LogP contribution in [0.4, 0.5) is 0 Å². The molecule has 122 valence electrons. The maximum atomic E-state index is 12.3. The maximum absolute atomic E-state index is 12.3. The summed E-state index contributed by atoms with van der Waals surface area (Å²) < 4.78 is 5.26. The highest BCUT2D eigenvalue weighted by atomic mass is 16.5. The zero-order valence-electron chi connectivity index (χ0n) is 13.4. The average molecular weight is 315 g/mol. The molecule has 1 aromatic heterocycles. The van der Waals surface area contributed by atoms with Crippen LogP contribution in [0, 0.1) is 6.92 Å². The first kappa shape index (κ1) is 15.4. The molecule has 1 amide bonds. The van der Waals surface area contributed by atoms with E-state index in [9.17, 15) is 9.59 Å². The van der Waals surface area contributed by atoms with E-state index >= 15 is 0 Å². The molecule has 2 aromatic rings. The third-order valence-electron chi connectivity index (χ3n) is 4.43. The summed E-state index contributed by atoms with van der Waals surface area (Å²) in [6, 6.07) is 5.97. The summed E-state index contributed by atoms with van der Waals surface area (Å²) >= 11 is 0. The van der Waals surface area contributed by atoms with Gasteiger partial charge in [-0.05, 0) is 49.4 Å². The molecule has 1 aliphatic rings. The van der Waals surface area contributed by atoms with Crippen molar-refractivity contribution in [1.82, 2.24) is 15.5 Å². The molecule has 6 nitrogen and oxygen atoms in total. The number of fused-ring (bicyclic) bond motifs is 1. The highest BCUT2D eigenvalue weighted by Crippen LogP contribution is 2.32. The zero-order chi connectivity index (χ0) is 16.4. The van der Waals surface area contributed by atoms with E-state index in [1.165, 1.54) is 5.56 Å². The third kappa shape index (κ3) is 3.16. The Morgan fingerprint density at radius 1 is 1.39 bits per heavy atom. The molecule has 6 heteroatoms. The lowest BCUT2D eigenvalue weighted by Gasteiger charge is -2.26. The second-order valence-electron chi connectivity index (χ2n) is 5.94. The van der Waals surface area contributed by atoms with E-state index in [1.807, 2.05) is 18.2 Å². The number of amides is 1. The Morgan fingerprint density at radius 2 is 2.22 bits per heavy atom. The number of rotatable bonds is 4. The number of hydrogen-bond donors (Lipinski definition) is 3. The van der Waals surface area contributed by atoms with Gasteiger partial charge in [-0.25, -0.2) is 0 Å². The molecule has 0 fully saturated rings. The van der Waals surface area contributed by atoms with Crippen molar-refractivity contribution in [2.45, 2.75) is 38.6 Å². The van der Waals surface area contributed by atoms with Gasteiger partial charge in [0.2, 0.25) is 5.91 Å². The Bertz CT molecular complexity index is 776. The smallest absolute Gasteiger partial charge is 0.267 e. The molecule has 1 atom stereocenters. The molecular weight excluding hydrogens is 294 g/mol. The van der Waals surface area contributed by atoms with Gasteiger partial charge in [-0.2, -0.15) is 0 Å². The Morgan fingerprint density at radius 3 is 2.91 bits per heavy atom.